The van der Waals surface area contributed by atoms with Gasteiger partial charge in [0.15, 0.2) is 5.76 Å². The number of aryl methyl sites for hydroxylation is 2. The van der Waals surface area contributed by atoms with E-state index in [0.29, 0.717) is 17.8 Å². The fraction of sp³-hybridized carbons (Fsp3) is 0.217. The van der Waals surface area contributed by atoms with Crippen molar-refractivity contribution in [2.75, 3.05) is 10.6 Å². The molecule has 0 aliphatic heterocycles. The quantitative estimate of drug-likeness (QED) is 0.686. The summed E-state index contributed by atoms with van der Waals surface area (Å²) in [6, 6.07) is 16.7. The Bertz CT molecular complexity index is 976. The van der Waals surface area contributed by atoms with Gasteiger partial charge in [-0.15, -0.1) is 0 Å². The van der Waals surface area contributed by atoms with Gasteiger partial charge in [0.25, 0.3) is 5.91 Å². The topological polar surface area (TPSA) is 71.3 Å². The molecule has 5 heteroatoms. The molecule has 0 radical (unpaired) electrons. The van der Waals surface area contributed by atoms with E-state index in [1.54, 1.807) is 36.4 Å². The molecule has 0 atom stereocenters. The van der Waals surface area contributed by atoms with Gasteiger partial charge in [-0.05, 0) is 78.8 Å². The molecule has 1 heterocycles. The Morgan fingerprint density at radius 3 is 2.29 bits per heavy atom. The summed E-state index contributed by atoms with van der Waals surface area (Å²) < 4.78 is 5.07. The van der Waals surface area contributed by atoms with Crippen LogP contribution in [0.5, 0.6) is 0 Å². The number of benzene rings is 2. The van der Waals surface area contributed by atoms with Crippen LogP contribution in [0.4, 0.5) is 11.4 Å². The molecule has 3 aromatic rings. The van der Waals surface area contributed by atoms with Crippen molar-refractivity contribution in [3.63, 3.8) is 0 Å². The molecule has 1 aromatic heterocycles. The number of fused-ring (bicyclic) bond motifs is 1. The molecule has 5 nitrogen and oxygen atoms in total. The third-order valence-electron chi connectivity index (χ3n) is 4.95. The van der Waals surface area contributed by atoms with Gasteiger partial charge < -0.3 is 15.1 Å². The van der Waals surface area contributed by atoms with Crippen LogP contribution in [0, 0.1) is 0 Å². The number of carbonyl (C=O) groups excluding carboxylic acids is 2. The van der Waals surface area contributed by atoms with E-state index in [-0.39, 0.29) is 17.6 Å². The van der Waals surface area contributed by atoms with Gasteiger partial charge in [0.1, 0.15) is 0 Å². The predicted octanol–water partition coefficient (Wildman–Crippen LogP) is 4.59. The molecule has 0 fully saturated rings. The first-order chi connectivity index (χ1) is 13.7. The van der Waals surface area contributed by atoms with E-state index < -0.39 is 0 Å². The highest BCUT2D eigenvalue weighted by molar-refractivity contribution is 6.02. The molecular weight excluding hydrogens is 352 g/mol. The Morgan fingerprint density at radius 2 is 1.57 bits per heavy atom. The van der Waals surface area contributed by atoms with Crippen LogP contribution in [0.3, 0.4) is 0 Å². The lowest BCUT2D eigenvalue weighted by atomic mass is 9.90. The zero-order valence-electron chi connectivity index (χ0n) is 15.5. The summed E-state index contributed by atoms with van der Waals surface area (Å²) in [5, 5.41) is 5.66. The number of amides is 2. The third kappa shape index (κ3) is 4.31. The molecule has 0 spiro atoms. The Labute approximate surface area is 163 Å². The zero-order chi connectivity index (χ0) is 19.3. The van der Waals surface area contributed by atoms with Crippen LogP contribution in [-0.2, 0) is 24.1 Å². The summed E-state index contributed by atoms with van der Waals surface area (Å²) in [5.41, 5.74) is 5.17. The predicted molar refractivity (Wildman–Crippen MR) is 109 cm³/mol. The van der Waals surface area contributed by atoms with Crippen molar-refractivity contribution < 1.29 is 14.0 Å². The number of hydrogen-bond acceptors (Lipinski definition) is 3. The van der Waals surface area contributed by atoms with Gasteiger partial charge in [0, 0.05) is 11.4 Å². The van der Waals surface area contributed by atoms with Crippen molar-refractivity contribution in [1.82, 2.24) is 0 Å². The second-order valence-electron chi connectivity index (χ2n) is 7.04. The maximum atomic E-state index is 12.4. The van der Waals surface area contributed by atoms with E-state index in [0.717, 1.165) is 18.4 Å². The molecule has 0 bridgehead atoms. The lowest BCUT2D eigenvalue weighted by Crippen LogP contribution is -2.15. The number of hydrogen-bond donors (Lipinski definition) is 2. The van der Waals surface area contributed by atoms with Gasteiger partial charge in [-0.25, -0.2) is 0 Å². The molecule has 142 valence electrons. The zero-order valence-corrected chi connectivity index (χ0v) is 15.5. The maximum absolute atomic E-state index is 12.4. The van der Waals surface area contributed by atoms with Crippen molar-refractivity contribution >= 4 is 23.2 Å². The lowest BCUT2D eigenvalue weighted by Gasteiger charge is -2.16. The Balaban J connectivity index is 1.34. The summed E-state index contributed by atoms with van der Waals surface area (Å²) in [6.07, 6.45) is 6.54. The van der Waals surface area contributed by atoms with Crippen molar-refractivity contribution in [2.24, 2.45) is 0 Å². The van der Waals surface area contributed by atoms with Gasteiger partial charge in [0.05, 0.1) is 12.7 Å². The van der Waals surface area contributed by atoms with E-state index in [1.165, 1.54) is 30.2 Å². The van der Waals surface area contributed by atoms with Crippen LogP contribution >= 0.6 is 0 Å². The highest BCUT2D eigenvalue weighted by Crippen LogP contribution is 2.22. The summed E-state index contributed by atoms with van der Waals surface area (Å²) in [5.74, 6) is -0.111. The molecule has 1 aliphatic carbocycles. The third-order valence-corrected chi connectivity index (χ3v) is 4.95. The number of carbonyl (C=O) groups is 2. The van der Waals surface area contributed by atoms with Crippen molar-refractivity contribution in [1.29, 1.82) is 0 Å². The second-order valence-corrected chi connectivity index (χ2v) is 7.04. The van der Waals surface area contributed by atoms with Gasteiger partial charge in [-0.1, -0.05) is 18.2 Å². The van der Waals surface area contributed by atoms with Crippen LogP contribution in [0.2, 0.25) is 0 Å². The largest absolute Gasteiger partial charge is 0.459 e. The van der Waals surface area contributed by atoms with Crippen molar-refractivity contribution in [2.45, 2.75) is 32.1 Å². The fourth-order valence-corrected chi connectivity index (χ4v) is 3.52. The Hall–Kier alpha value is -3.34. The molecule has 0 unspecified atom stereocenters. The minimum atomic E-state index is -0.311. The van der Waals surface area contributed by atoms with E-state index in [4.69, 9.17) is 4.42 Å². The highest BCUT2D eigenvalue weighted by Gasteiger charge is 2.12. The molecule has 1 aliphatic rings. The minimum Gasteiger partial charge on any atom is -0.459 e. The van der Waals surface area contributed by atoms with Gasteiger partial charge in [0.2, 0.25) is 5.91 Å². The SMILES string of the molecule is O=C(Cc1ccc2c(c1)CCCC2)Nc1ccc(NC(=O)c2ccco2)cc1. The van der Waals surface area contributed by atoms with Gasteiger partial charge in [-0.2, -0.15) is 0 Å². The van der Waals surface area contributed by atoms with E-state index in [9.17, 15) is 9.59 Å². The normalized spacial score (nSPS) is 12.9. The minimum absolute atomic E-state index is 0.0527. The van der Waals surface area contributed by atoms with Crippen LogP contribution < -0.4 is 10.6 Å². The van der Waals surface area contributed by atoms with Crippen molar-refractivity contribution in [3.8, 4) is 0 Å². The standard InChI is InChI=1S/C23H22N2O3/c26-22(15-16-7-8-17-4-1-2-5-18(17)14-16)24-19-9-11-20(12-10-19)25-23(27)21-6-3-13-28-21/h3,6-14H,1-2,4-5,15H2,(H,24,26)(H,25,27). The van der Waals surface area contributed by atoms with Crippen LogP contribution in [0.25, 0.3) is 0 Å². The first-order valence-electron chi connectivity index (χ1n) is 9.53. The van der Waals surface area contributed by atoms with Crippen LogP contribution in [-0.4, -0.2) is 11.8 Å². The molecular formula is C23H22N2O3. The number of nitrogens with one attached hydrogen (secondary N) is 2. The van der Waals surface area contributed by atoms with E-state index >= 15 is 0 Å². The number of anilines is 2. The first kappa shape index (κ1) is 18.0. The van der Waals surface area contributed by atoms with E-state index in [2.05, 4.69) is 28.8 Å². The summed E-state index contributed by atoms with van der Waals surface area (Å²) in [6.45, 7) is 0. The molecule has 0 saturated carbocycles. The fourth-order valence-electron chi connectivity index (χ4n) is 3.52. The summed E-state index contributed by atoms with van der Waals surface area (Å²) in [7, 11) is 0. The number of furan rings is 1. The average molecular weight is 374 g/mol. The summed E-state index contributed by atoms with van der Waals surface area (Å²) >= 11 is 0. The van der Waals surface area contributed by atoms with Crippen molar-refractivity contribution in [3.05, 3.63) is 83.3 Å². The second kappa shape index (κ2) is 8.13. The molecule has 2 aromatic carbocycles. The van der Waals surface area contributed by atoms with Crippen LogP contribution in [0.1, 0.15) is 40.1 Å². The smallest absolute Gasteiger partial charge is 0.291 e. The van der Waals surface area contributed by atoms with E-state index in [1.807, 2.05) is 0 Å². The Morgan fingerprint density at radius 1 is 0.857 bits per heavy atom. The van der Waals surface area contributed by atoms with Crippen LogP contribution in [0.15, 0.2) is 65.3 Å². The Kier molecular flexibility index (Phi) is 5.24. The highest BCUT2D eigenvalue weighted by atomic mass is 16.3. The molecule has 28 heavy (non-hydrogen) atoms. The summed E-state index contributed by atoms with van der Waals surface area (Å²) in [4.78, 5) is 24.3. The maximum Gasteiger partial charge on any atom is 0.291 e. The molecule has 0 saturated heterocycles. The monoisotopic (exact) mass is 374 g/mol. The molecule has 2 amide bonds. The van der Waals surface area contributed by atoms with Gasteiger partial charge in [-0.3, -0.25) is 9.59 Å². The van der Waals surface area contributed by atoms with Gasteiger partial charge >= 0.3 is 0 Å². The lowest BCUT2D eigenvalue weighted by molar-refractivity contribution is -0.115. The average Bonchev–Trinajstić information content (AvgIpc) is 3.24. The number of rotatable bonds is 5. The first-order valence-corrected chi connectivity index (χ1v) is 9.53. The molecule has 4 rings (SSSR count). The molecule has 2 N–H and O–H groups in total.